The number of azo groups is 1. The number of aromatic nitrogens is 5. The van der Waals surface area contributed by atoms with Gasteiger partial charge in [-0.3, -0.25) is 4.79 Å². The Kier molecular flexibility index (Phi) is 12.0. The Labute approximate surface area is 297 Å². The predicted octanol–water partition coefficient (Wildman–Crippen LogP) is 7.75. The Hall–Kier alpha value is -5.06. The minimum Gasteiger partial charge on any atom is -0.385 e. The van der Waals surface area contributed by atoms with Crippen LogP contribution in [0.4, 0.5) is 17.5 Å². The van der Waals surface area contributed by atoms with E-state index in [0.29, 0.717) is 42.8 Å². The first-order chi connectivity index (χ1) is 24.1. The topological polar surface area (TPSA) is 155 Å². The van der Waals surface area contributed by atoms with Crippen molar-refractivity contribution in [2.24, 2.45) is 16.1 Å². The molecular weight excluding hydrogens is 649 g/mol. The normalized spacial score (nSPS) is 12.0. The van der Waals surface area contributed by atoms with Gasteiger partial charge in [0.15, 0.2) is 0 Å². The molecule has 1 unspecified atom stereocenters. The monoisotopic (exact) mass is 692 g/mol. The molecular formula is C37H44N10O2S. The number of thiazole rings is 1. The van der Waals surface area contributed by atoms with Gasteiger partial charge in [-0.05, 0) is 80.8 Å². The van der Waals surface area contributed by atoms with Crippen LogP contribution in [0.5, 0.6) is 0 Å². The second-order valence-electron chi connectivity index (χ2n) is 12.5. The van der Waals surface area contributed by atoms with Crippen molar-refractivity contribution < 1.29 is 9.53 Å². The highest BCUT2D eigenvalue weighted by molar-refractivity contribution is 7.20. The Morgan fingerprint density at radius 3 is 2.54 bits per heavy atom. The number of fused-ring (bicyclic) bond motifs is 1. The van der Waals surface area contributed by atoms with Crippen LogP contribution in [0.15, 0.2) is 46.8 Å². The third kappa shape index (κ3) is 8.56. The third-order valence-corrected chi connectivity index (χ3v) is 9.68. The van der Waals surface area contributed by atoms with Crippen LogP contribution in [0.3, 0.4) is 0 Å². The van der Waals surface area contributed by atoms with Gasteiger partial charge in [-0.2, -0.15) is 5.26 Å². The van der Waals surface area contributed by atoms with Gasteiger partial charge >= 0.3 is 0 Å². The first kappa shape index (κ1) is 36.2. The number of rotatable bonds is 15. The molecule has 260 valence electrons. The van der Waals surface area contributed by atoms with Crippen molar-refractivity contribution in [1.29, 1.82) is 5.26 Å². The van der Waals surface area contributed by atoms with Gasteiger partial charge in [0.25, 0.3) is 0 Å². The Morgan fingerprint density at radius 2 is 1.84 bits per heavy atom. The van der Waals surface area contributed by atoms with Crippen molar-refractivity contribution in [1.82, 2.24) is 30.0 Å². The van der Waals surface area contributed by atoms with Gasteiger partial charge in [0.1, 0.15) is 17.3 Å². The molecule has 3 heterocycles. The fraction of sp³-hybridized carbons (Fsp3) is 0.405. The first-order valence-corrected chi connectivity index (χ1v) is 17.7. The Bertz CT molecular complexity index is 2040. The van der Waals surface area contributed by atoms with Crippen LogP contribution < -0.4 is 10.6 Å². The van der Waals surface area contributed by atoms with E-state index in [1.165, 1.54) is 33.6 Å². The number of carbonyl (C=O) groups excluding carboxylic acids is 1. The molecule has 0 saturated carbocycles. The van der Waals surface area contributed by atoms with Gasteiger partial charge in [0.2, 0.25) is 22.8 Å². The number of anilines is 1. The number of benzene rings is 2. The van der Waals surface area contributed by atoms with Gasteiger partial charge in [-0.15, -0.1) is 15.3 Å². The molecule has 13 heteroatoms. The summed E-state index contributed by atoms with van der Waals surface area (Å²) < 4.78 is 7.78. The second kappa shape index (κ2) is 16.6. The van der Waals surface area contributed by atoms with Crippen LogP contribution in [0.2, 0.25) is 0 Å². The average molecular weight is 693 g/mol. The SMILES string of the molecule is CCC(C)C(=O)NCc1ccc2nc(-n3cc(C#N)c(N=Nc4c(CCCCOC)nc(NC)nc4Cc4c(C)cc(C)cc4C)n3)sc2c1. The molecule has 12 nitrogen and oxygen atoms in total. The lowest BCUT2D eigenvalue weighted by atomic mass is 9.95. The second-order valence-corrected chi connectivity index (χ2v) is 13.5. The van der Waals surface area contributed by atoms with E-state index in [1.54, 1.807) is 25.0 Å². The first-order valence-electron chi connectivity index (χ1n) is 16.9. The van der Waals surface area contributed by atoms with E-state index in [-0.39, 0.29) is 23.2 Å². The summed E-state index contributed by atoms with van der Waals surface area (Å²) in [6.45, 7) is 11.3. The number of nitriles is 1. The van der Waals surface area contributed by atoms with E-state index in [9.17, 15) is 10.1 Å². The lowest BCUT2D eigenvalue weighted by Crippen LogP contribution is -2.28. The maximum atomic E-state index is 12.3. The smallest absolute Gasteiger partial charge is 0.223 e. The molecule has 0 fully saturated rings. The minimum absolute atomic E-state index is 0.0323. The zero-order chi connectivity index (χ0) is 35.8. The fourth-order valence-corrected chi connectivity index (χ4v) is 6.66. The highest BCUT2D eigenvalue weighted by Crippen LogP contribution is 2.32. The lowest BCUT2D eigenvalue weighted by molar-refractivity contribution is -0.124. The molecule has 3 aromatic heterocycles. The number of ether oxygens (including phenoxy) is 1. The summed E-state index contributed by atoms with van der Waals surface area (Å²) >= 11 is 1.44. The molecule has 5 aromatic rings. The zero-order valence-electron chi connectivity index (χ0n) is 29.8. The summed E-state index contributed by atoms with van der Waals surface area (Å²) in [6.07, 6.45) is 5.33. The molecule has 0 saturated heterocycles. The number of carbonyl (C=O) groups is 1. The maximum Gasteiger partial charge on any atom is 0.223 e. The van der Waals surface area contributed by atoms with E-state index in [0.717, 1.165) is 46.4 Å². The van der Waals surface area contributed by atoms with E-state index in [4.69, 9.17) is 24.8 Å². The molecule has 1 atom stereocenters. The van der Waals surface area contributed by atoms with Gasteiger partial charge < -0.3 is 15.4 Å². The molecule has 0 radical (unpaired) electrons. The van der Waals surface area contributed by atoms with Crippen molar-refractivity contribution in [3.63, 3.8) is 0 Å². The van der Waals surface area contributed by atoms with Gasteiger partial charge in [0.05, 0.1) is 27.8 Å². The van der Waals surface area contributed by atoms with Crippen LogP contribution in [0, 0.1) is 38.0 Å². The number of amides is 1. The van der Waals surface area contributed by atoms with Gasteiger partial charge in [-0.25, -0.2) is 19.6 Å². The molecule has 5 rings (SSSR count). The summed E-state index contributed by atoms with van der Waals surface area (Å²) in [7, 11) is 3.50. The third-order valence-electron chi connectivity index (χ3n) is 8.67. The molecule has 0 bridgehead atoms. The quantitative estimate of drug-likeness (QED) is 0.0834. The predicted molar refractivity (Wildman–Crippen MR) is 197 cm³/mol. The molecule has 50 heavy (non-hydrogen) atoms. The molecule has 2 N–H and O–H groups in total. The largest absolute Gasteiger partial charge is 0.385 e. The summed E-state index contributed by atoms with van der Waals surface area (Å²) in [4.78, 5) is 26.7. The molecule has 0 aliphatic carbocycles. The number of nitrogens with one attached hydrogen (secondary N) is 2. The number of methoxy groups -OCH3 is 1. The number of nitrogens with zero attached hydrogens (tertiary/aromatic N) is 8. The number of hydrogen-bond acceptors (Lipinski definition) is 11. The van der Waals surface area contributed by atoms with Crippen LogP contribution in [-0.2, 0) is 28.9 Å². The summed E-state index contributed by atoms with van der Waals surface area (Å²) in [5.74, 6) is 0.698. The van der Waals surface area contributed by atoms with Crippen LogP contribution in [-0.4, -0.2) is 51.4 Å². The van der Waals surface area contributed by atoms with Gasteiger partial charge in [0, 0.05) is 39.6 Å². The van der Waals surface area contributed by atoms with Crippen LogP contribution >= 0.6 is 11.3 Å². The Morgan fingerprint density at radius 1 is 1.08 bits per heavy atom. The van der Waals surface area contributed by atoms with E-state index < -0.39 is 0 Å². The van der Waals surface area contributed by atoms with Crippen molar-refractivity contribution in [3.8, 4) is 11.2 Å². The van der Waals surface area contributed by atoms with Crippen molar-refractivity contribution in [2.45, 2.75) is 73.3 Å². The van der Waals surface area contributed by atoms with E-state index >= 15 is 0 Å². The highest BCUT2D eigenvalue weighted by atomic mass is 32.1. The zero-order valence-corrected chi connectivity index (χ0v) is 30.6. The van der Waals surface area contributed by atoms with E-state index in [2.05, 4.69) is 59.8 Å². The highest BCUT2D eigenvalue weighted by Gasteiger charge is 2.19. The molecule has 0 aliphatic rings. The molecule has 1 amide bonds. The maximum absolute atomic E-state index is 12.3. The van der Waals surface area contributed by atoms with Gasteiger partial charge in [-0.1, -0.05) is 48.9 Å². The number of aryl methyl sites for hydroxylation is 4. The molecule has 2 aromatic carbocycles. The average Bonchev–Trinajstić information content (AvgIpc) is 3.73. The lowest BCUT2D eigenvalue weighted by Gasteiger charge is -2.15. The minimum atomic E-state index is -0.0323. The number of hydrogen-bond donors (Lipinski definition) is 2. The summed E-state index contributed by atoms with van der Waals surface area (Å²) in [5.41, 5.74) is 8.87. The Balaban J connectivity index is 1.48. The van der Waals surface area contributed by atoms with Crippen LogP contribution in [0.25, 0.3) is 15.3 Å². The van der Waals surface area contributed by atoms with Crippen LogP contribution in [0.1, 0.15) is 77.9 Å². The standard InChI is InChI=1S/C37H44N10O2S/c1-8-23(3)35(48)40-20-26-12-13-29-32(17-26)50-37(43-29)47-21-27(19-38)34(46-47)45-44-33-30(11-9-10-14-49-7)41-36(39-6)42-31(33)18-28-24(4)15-22(2)16-25(28)5/h12-13,15-17,21,23H,8-11,14,18,20H2,1-7H3,(H,40,48)(H,39,41,42). The number of unbranched alkanes of at least 4 members (excludes halogenated alkanes) is 1. The van der Waals surface area contributed by atoms with Crippen molar-refractivity contribution in [2.75, 3.05) is 26.1 Å². The van der Waals surface area contributed by atoms with E-state index in [1.807, 2.05) is 32.0 Å². The summed E-state index contributed by atoms with van der Waals surface area (Å²) in [5, 5.41) is 30.6. The van der Waals surface area contributed by atoms with Crippen molar-refractivity contribution in [3.05, 3.63) is 81.3 Å². The molecule has 0 aliphatic heterocycles. The van der Waals surface area contributed by atoms with Crippen molar-refractivity contribution >= 4 is 44.9 Å². The summed E-state index contributed by atoms with van der Waals surface area (Å²) in [6, 6.07) is 12.5. The fourth-order valence-electron chi connectivity index (χ4n) is 5.70. The molecule has 0 spiro atoms.